The largest absolute Gasteiger partial charge is 0.395 e. The number of rotatable bonds is 16. The molecule has 0 heterocycles. The summed E-state index contributed by atoms with van der Waals surface area (Å²) < 4.78 is 0. The average Bonchev–Trinajstić information content (AvgIpc) is 2.43. The molecule has 0 aliphatic carbocycles. The molecule has 0 rings (SSSR count). The highest BCUT2D eigenvalue weighted by molar-refractivity contribution is 8.76. The molecule has 0 amide bonds. The number of aliphatic hydroxyl groups is 1. The van der Waals surface area contributed by atoms with E-state index in [-0.39, 0.29) is 0 Å². The van der Waals surface area contributed by atoms with Crippen molar-refractivity contribution >= 4 is 21.6 Å². The van der Waals surface area contributed by atoms with Gasteiger partial charge in [0, 0.05) is 11.5 Å². The van der Waals surface area contributed by atoms with Crippen molar-refractivity contribution < 1.29 is 5.11 Å². The molecule has 0 aromatic carbocycles. The van der Waals surface area contributed by atoms with E-state index in [4.69, 9.17) is 5.11 Å². The molecule has 0 atom stereocenters. The van der Waals surface area contributed by atoms with Gasteiger partial charge in [0.25, 0.3) is 0 Å². The summed E-state index contributed by atoms with van der Waals surface area (Å²) in [4.78, 5) is 0. The highest BCUT2D eigenvalue weighted by atomic mass is 33.1. The van der Waals surface area contributed by atoms with Gasteiger partial charge in [-0.25, -0.2) is 0 Å². The third-order valence-electron chi connectivity index (χ3n) is 3.34. The molecule has 3 heteroatoms. The maximum Gasteiger partial charge on any atom is 0.0530 e. The van der Waals surface area contributed by atoms with Gasteiger partial charge in [-0.3, -0.25) is 0 Å². The van der Waals surface area contributed by atoms with Gasteiger partial charge in [0.2, 0.25) is 0 Å². The Hall–Kier alpha value is 0.660. The fourth-order valence-corrected chi connectivity index (χ4v) is 4.07. The Balaban J connectivity index is 2.88. The molecule has 0 saturated carbocycles. The van der Waals surface area contributed by atoms with Crippen LogP contribution in [0.3, 0.4) is 0 Å². The number of hydrogen-bond acceptors (Lipinski definition) is 3. The van der Waals surface area contributed by atoms with E-state index in [9.17, 15) is 0 Å². The van der Waals surface area contributed by atoms with Crippen molar-refractivity contribution in [3.05, 3.63) is 0 Å². The lowest BCUT2D eigenvalue weighted by molar-refractivity contribution is 0.323. The van der Waals surface area contributed by atoms with Crippen molar-refractivity contribution in [2.45, 2.75) is 84.0 Å². The monoisotopic (exact) mass is 306 g/mol. The summed E-state index contributed by atoms with van der Waals surface area (Å²) in [6.07, 6.45) is 17.1. The minimum atomic E-state index is 0.316. The standard InChI is InChI=1S/C16H34OS2/c1-2-3-4-5-6-7-8-9-10-11-12-13-15-18-19-16-14-17/h17H,2-16H2,1H3. The van der Waals surface area contributed by atoms with Crippen molar-refractivity contribution in [3.8, 4) is 0 Å². The van der Waals surface area contributed by atoms with Crippen LogP contribution in [0.2, 0.25) is 0 Å². The maximum absolute atomic E-state index is 8.64. The molecule has 0 saturated heterocycles. The molecule has 0 aliphatic heterocycles. The molecule has 116 valence electrons. The molecular formula is C16H34OS2. The van der Waals surface area contributed by atoms with Crippen molar-refractivity contribution in [1.29, 1.82) is 0 Å². The van der Waals surface area contributed by atoms with Gasteiger partial charge in [-0.2, -0.15) is 0 Å². The van der Waals surface area contributed by atoms with E-state index < -0.39 is 0 Å². The molecule has 0 spiro atoms. The quantitative estimate of drug-likeness (QED) is 0.276. The second-order valence-electron chi connectivity index (χ2n) is 5.26. The summed E-state index contributed by atoms with van der Waals surface area (Å²) in [5.74, 6) is 2.13. The van der Waals surface area contributed by atoms with Gasteiger partial charge in [-0.15, -0.1) is 0 Å². The van der Waals surface area contributed by atoms with Crippen LogP contribution in [0.5, 0.6) is 0 Å². The maximum atomic E-state index is 8.64. The van der Waals surface area contributed by atoms with Crippen molar-refractivity contribution in [2.75, 3.05) is 18.1 Å². The summed E-state index contributed by atoms with van der Waals surface area (Å²) in [7, 11) is 3.72. The third-order valence-corrected chi connectivity index (χ3v) is 5.81. The van der Waals surface area contributed by atoms with Crippen molar-refractivity contribution in [1.82, 2.24) is 0 Å². The zero-order valence-corrected chi connectivity index (χ0v) is 14.5. The predicted octanol–water partition coefficient (Wildman–Crippen LogP) is 6.06. The van der Waals surface area contributed by atoms with E-state index in [1.54, 1.807) is 10.8 Å². The fraction of sp³-hybridized carbons (Fsp3) is 1.00. The Bertz CT molecular complexity index is 138. The van der Waals surface area contributed by atoms with Gasteiger partial charge in [-0.1, -0.05) is 99.1 Å². The molecule has 0 aromatic heterocycles. The van der Waals surface area contributed by atoms with Crippen LogP contribution >= 0.6 is 21.6 Å². The van der Waals surface area contributed by atoms with Crippen LogP contribution < -0.4 is 0 Å². The topological polar surface area (TPSA) is 20.2 Å². The first kappa shape index (κ1) is 19.7. The smallest absolute Gasteiger partial charge is 0.0530 e. The Morgan fingerprint density at radius 3 is 1.47 bits per heavy atom. The van der Waals surface area contributed by atoms with Gasteiger partial charge >= 0.3 is 0 Å². The van der Waals surface area contributed by atoms with Gasteiger partial charge in [0.1, 0.15) is 0 Å². The SMILES string of the molecule is CCCCCCCCCCCCCCSSCCO. The molecule has 0 aromatic rings. The first-order chi connectivity index (χ1) is 9.41. The summed E-state index contributed by atoms with van der Waals surface area (Å²) >= 11 is 0. The van der Waals surface area contributed by atoms with Gasteiger partial charge < -0.3 is 5.11 Å². The highest BCUT2D eigenvalue weighted by Gasteiger charge is 1.94. The minimum Gasteiger partial charge on any atom is -0.395 e. The molecule has 0 radical (unpaired) electrons. The van der Waals surface area contributed by atoms with Crippen LogP contribution in [0.4, 0.5) is 0 Å². The first-order valence-electron chi connectivity index (χ1n) is 8.27. The van der Waals surface area contributed by atoms with E-state index in [1.807, 2.05) is 10.8 Å². The average molecular weight is 307 g/mol. The molecule has 0 fully saturated rings. The van der Waals surface area contributed by atoms with Crippen LogP contribution in [-0.2, 0) is 0 Å². The lowest BCUT2D eigenvalue weighted by Gasteiger charge is -2.03. The molecule has 19 heavy (non-hydrogen) atoms. The van der Waals surface area contributed by atoms with Crippen LogP contribution in [0, 0.1) is 0 Å². The van der Waals surface area contributed by atoms with Crippen LogP contribution in [-0.4, -0.2) is 23.2 Å². The minimum absolute atomic E-state index is 0.316. The molecule has 1 N–H and O–H groups in total. The van der Waals surface area contributed by atoms with Crippen LogP contribution in [0.15, 0.2) is 0 Å². The normalized spacial score (nSPS) is 11.1. The van der Waals surface area contributed by atoms with E-state index in [0.717, 1.165) is 5.75 Å². The summed E-state index contributed by atoms with van der Waals surface area (Å²) in [5, 5.41) is 8.64. The second kappa shape index (κ2) is 18.7. The second-order valence-corrected chi connectivity index (χ2v) is 7.96. The predicted molar refractivity (Wildman–Crippen MR) is 93.1 cm³/mol. The number of aliphatic hydroxyl groups excluding tert-OH is 1. The summed E-state index contributed by atoms with van der Waals surface area (Å²) in [6.45, 7) is 2.60. The summed E-state index contributed by atoms with van der Waals surface area (Å²) in [6, 6.07) is 0. The Morgan fingerprint density at radius 1 is 0.579 bits per heavy atom. The van der Waals surface area contributed by atoms with E-state index in [0.29, 0.717) is 6.61 Å². The molecule has 1 nitrogen and oxygen atoms in total. The van der Waals surface area contributed by atoms with E-state index in [1.165, 1.54) is 82.8 Å². The fourth-order valence-electron chi connectivity index (χ4n) is 2.16. The van der Waals surface area contributed by atoms with Crippen LogP contribution in [0.1, 0.15) is 84.0 Å². The molecular weight excluding hydrogens is 272 g/mol. The Labute approximate surface area is 129 Å². The Kier molecular flexibility index (Phi) is 19.3. The zero-order chi connectivity index (χ0) is 14.0. The molecule has 0 unspecified atom stereocenters. The first-order valence-corrected chi connectivity index (χ1v) is 10.8. The number of hydrogen-bond donors (Lipinski definition) is 1. The third kappa shape index (κ3) is 18.7. The van der Waals surface area contributed by atoms with E-state index >= 15 is 0 Å². The lowest BCUT2D eigenvalue weighted by Crippen LogP contribution is -1.85. The summed E-state index contributed by atoms with van der Waals surface area (Å²) in [5.41, 5.74) is 0. The lowest BCUT2D eigenvalue weighted by atomic mass is 10.1. The van der Waals surface area contributed by atoms with E-state index in [2.05, 4.69) is 6.92 Å². The van der Waals surface area contributed by atoms with Crippen LogP contribution in [0.25, 0.3) is 0 Å². The van der Waals surface area contributed by atoms with Crippen molar-refractivity contribution in [2.24, 2.45) is 0 Å². The van der Waals surface area contributed by atoms with Crippen molar-refractivity contribution in [3.63, 3.8) is 0 Å². The zero-order valence-electron chi connectivity index (χ0n) is 12.9. The van der Waals surface area contributed by atoms with Gasteiger partial charge in [0.15, 0.2) is 0 Å². The van der Waals surface area contributed by atoms with Gasteiger partial charge in [0.05, 0.1) is 6.61 Å². The number of unbranched alkanes of at least 4 members (excludes halogenated alkanes) is 11. The highest BCUT2D eigenvalue weighted by Crippen LogP contribution is 2.22. The van der Waals surface area contributed by atoms with Gasteiger partial charge in [-0.05, 0) is 6.42 Å². The molecule has 0 bridgehead atoms. The molecule has 0 aliphatic rings. The Morgan fingerprint density at radius 2 is 1.00 bits per heavy atom.